The Labute approximate surface area is 146 Å². The zero-order valence-corrected chi connectivity index (χ0v) is 19.6. The second kappa shape index (κ2) is 8.26. The topological polar surface area (TPSA) is 91.8 Å². The number of amides is 2. The van der Waals surface area contributed by atoms with Gasteiger partial charge in [0.15, 0.2) is 0 Å². The monoisotopic (exact) mass is 420 g/mol. The average Bonchev–Trinajstić information content (AvgIpc) is 2.17. The third-order valence-electron chi connectivity index (χ3n) is 2.59. The van der Waals surface area contributed by atoms with Crippen molar-refractivity contribution in [1.29, 1.82) is 0 Å². The molecule has 0 bridgehead atoms. The van der Waals surface area contributed by atoms with Crippen molar-refractivity contribution < 1.29 is 23.1 Å². The lowest BCUT2D eigenvalue weighted by Gasteiger charge is -2.34. The summed E-state index contributed by atoms with van der Waals surface area (Å²) in [7, 11) is -10.3. The molecule has 11 heteroatoms. The van der Waals surface area contributed by atoms with E-state index >= 15 is 0 Å². The molecule has 7 nitrogen and oxygen atoms in total. The molecular formula is C13H32N2O5P4. The van der Waals surface area contributed by atoms with E-state index in [1.807, 2.05) is 0 Å². The predicted molar refractivity (Wildman–Crippen MR) is 106 cm³/mol. The van der Waals surface area contributed by atoms with E-state index in [4.69, 9.17) is 0 Å². The van der Waals surface area contributed by atoms with Gasteiger partial charge in [-0.25, -0.2) is 4.79 Å². The molecule has 24 heavy (non-hydrogen) atoms. The van der Waals surface area contributed by atoms with Gasteiger partial charge < -0.3 is 28.1 Å². The number of nitrogens with zero attached hydrogens (tertiary/aromatic N) is 2. The van der Waals surface area contributed by atoms with E-state index in [1.54, 1.807) is 53.3 Å². The zero-order chi connectivity index (χ0) is 19.6. The standard InChI is InChI=1S/C13H32N2O5P4/c1-21(2,17)9-14(10-22(3,4)18)13(16)15(11-23(5,6)19)12-24(7,8)20/h9-12H2,1-8H3. The fourth-order valence-electron chi connectivity index (χ4n) is 2.18. The van der Waals surface area contributed by atoms with Crippen LogP contribution >= 0.6 is 28.6 Å². The molecule has 0 fully saturated rings. The van der Waals surface area contributed by atoms with E-state index in [9.17, 15) is 23.1 Å². The molecule has 0 spiro atoms. The molecule has 0 rings (SSSR count). The normalized spacial score (nSPS) is 13.7. The van der Waals surface area contributed by atoms with Crippen LogP contribution in [0.2, 0.25) is 0 Å². The third kappa shape index (κ3) is 12.5. The molecule has 0 aromatic heterocycles. The van der Waals surface area contributed by atoms with Gasteiger partial charge in [0.1, 0.15) is 28.6 Å². The highest BCUT2D eigenvalue weighted by Crippen LogP contribution is 2.45. The van der Waals surface area contributed by atoms with Crippen molar-refractivity contribution in [3.8, 4) is 0 Å². The number of hydrogen-bond acceptors (Lipinski definition) is 5. The van der Waals surface area contributed by atoms with E-state index < -0.39 is 34.6 Å². The fourth-order valence-corrected chi connectivity index (χ4v) is 6.66. The molecule has 0 saturated carbocycles. The summed E-state index contributed by atoms with van der Waals surface area (Å²) < 4.78 is 48.8. The van der Waals surface area contributed by atoms with E-state index in [-0.39, 0.29) is 25.1 Å². The van der Waals surface area contributed by atoms with Crippen molar-refractivity contribution in [3.63, 3.8) is 0 Å². The van der Waals surface area contributed by atoms with E-state index in [2.05, 4.69) is 0 Å². The summed E-state index contributed by atoms with van der Waals surface area (Å²) in [5.74, 6) is 0. The van der Waals surface area contributed by atoms with Gasteiger partial charge in [-0.1, -0.05) is 0 Å². The van der Waals surface area contributed by atoms with E-state index in [1.165, 1.54) is 9.80 Å². The zero-order valence-electron chi connectivity index (χ0n) is 16.1. The summed E-state index contributed by atoms with van der Waals surface area (Å²) in [6.45, 7) is 12.5. The lowest BCUT2D eigenvalue weighted by atomic mass is 10.7. The Morgan fingerprint density at radius 3 is 0.833 bits per heavy atom. The summed E-state index contributed by atoms with van der Waals surface area (Å²) in [5.41, 5.74) is 0. The first-order valence-electron chi connectivity index (χ1n) is 7.49. The highest BCUT2D eigenvalue weighted by Gasteiger charge is 2.31. The quantitative estimate of drug-likeness (QED) is 0.553. The van der Waals surface area contributed by atoms with Gasteiger partial charge >= 0.3 is 6.03 Å². The Kier molecular flexibility index (Phi) is 8.32. The smallest absolute Gasteiger partial charge is 0.321 e. The molecule has 0 radical (unpaired) electrons. The van der Waals surface area contributed by atoms with Crippen LogP contribution in [0.1, 0.15) is 0 Å². The largest absolute Gasteiger partial charge is 0.322 e. The van der Waals surface area contributed by atoms with Crippen molar-refractivity contribution >= 4 is 34.6 Å². The number of rotatable bonds is 8. The predicted octanol–water partition coefficient (Wildman–Crippen LogP) is 4.03. The number of carbonyl (C=O) groups is 1. The molecule has 2 amide bonds. The molecule has 0 heterocycles. The SMILES string of the molecule is CP(C)(=O)CN(CP(C)(C)=O)C(=O)N(CP(C)(C)=O)CP(C)(C)=O. The van der Waals surface area contributed by atoms with E-state index in [0.717, 1.165) is 0 Å². The van der Waals surface area contributed by atoms with Crippen molar-refractivity contribution in [2.75, 3.05) is 78.5 Å². The molecule has 0 aromatic carbocycles. The minimum Gasteiger partial charge on any atom is -0.322 e. The van der Waals surface area contributed by atoms with Crippen molar-refractivity contribution in [2.24, 2.45) is 0 Å². The summed E-state index contributed by atoms with van der Waals surface area (Å²) in [6.07, 6.45) is -0.0418. The Morgan fingerprint density at radius 1 is 0.542 bits per heavy atom. The lowest BCUT2D eigenvalue weighted by molar-refractivity contribution is 0.179. The molecule has 144 valence electrons. The maximum atomic E-state index is 12.9. The Morgan fingerprint density at radius 2 is 0.708 bits per heavy atom. The molecule has 0 atom stereocenters. The molecule has 0 aliphatic rings. The van der Waals surface area contributed by atoms with Gasteiger partial charge in [-0.2, -0.15) is 0 Å². The summed E-state index contributed by atoms with van der Waals surface area (Å²) in [6, 6.07) is -0.504. The van der Waals surface area contributed by atoms with Gasteiger partial charge in [-0.15, -0.1) is 0 Å². The van der Waals surface area contributed by atoms with Crippen molar-refractivity contribution in [1.82, 2.24) is 9.80 Å². The summed E-state index contributed by atoms with van der Waals surface area (Å²) in [5, 5.41) is 0. The van der Waals surface area contributed by atoms with Crippen LogP contribution in [0.4, 0.5) is 4.79 Å². The Balaban J connectivity index is 5.69. The number of urea groups is 1. The summed E-state index contributed by atoms with van der Waals surface area (Å²) >= 11 is 0. The van der Waals surface area contributed by atoms with Crippen LogP contribution in [0.3, 0.4) is 0 Å². The third-order valence-corrected chi connectivity index (χ3v) is 6.68. The van der Waals surface area contributed by atoms with Gasteiger partial charge in [-0.3, -0.25) is 0 Å². The van der Waals surface area contributed by atoms with Crippen LogP contribution < -0.4 is 0 Å². The molecule has 0 N–H and O–H groups in total. The molecule has 0 aromatic rings. The average molecular weight is 420 g/mol. The second-order valence-electron chi connectivity index (χ2n) is 8.22. The second-order valence-corrected chi connectivity index (χ2v) is 21.9. The first kappa shape index (κ1) is 24.2. The highest BCUT2D eigenvalue weighted by atomic mass is 31.2. The molecular weight excluding hydrogens is 388 g/mol. The van der Waals surface area contributed by atoms with Gasteiger partial charge in [-0.05, 0) is 53.3 Å². The van der Waals surface area contributed by atoms with Crippen molar-refractivity contribution in [2.45, 2.75) is 0 Å². The Hall–Kier alpha value is 0.190. The van der Waals surface area contributed by atoms with Crippen LogP contribution in [0.25, 0.3) is 0 Å². The van der Waals surface area contributed by atoms with Gasteiger partial charge in [0.05, 0.1) is 25.1 Å². The number of carbonyl (C=O) groups excluding carboxylic acids is 1. The maximum absolute atomic E-state index is 12.9. The number of hydrogen-bond donors (Lipinski definition) is 0. The molecule has 0 saturated heterocycles. The van der Waals surface area contributed by atoms with Crippen LogP contribution in [0, 0.1) is 0 Å². The fraction of sp³-hybridized carbons (Fsp3) is 0.923. The van der Waals surface area contributed by atoms with Gasteiger partial charge in [0, 0.05) is 0 Å². The molecule has 0 unspecified atom stereocenters. The minimum absolute atomic E-state index is 0.0105. The van der Waals surface area contributed by atoms with Crippen molar-refractivity contribution in [3.05, 3.63) is 0 Å². The first-order chi connectivity index (χ1) is 10.3. The van der Waals surface area contributed by atoms with Crippen LogP contribution in [0.5, 0.6) is 0 Å². The van der Waals surface area contributed by atoms with E-state index in [0.29, 0.717) is 0 Å². The van der Waals surface area contributed by atoms with Crippen LogP contribution in [-0.2, 0) is 18.3 Å². The van der Waals surface area contributed by atoms with Gasteiger partial charge in [0.25, 0.3) is 0 Å². The van der Waals surface area contributed by atoms with Crippen LogP contribution in [0.15, 0.2) is 0 Å². The lowest BCUT2D eigenvalue weighted by Crippen LogP contribution is -2.44. The Bertz CT molecular complexity index is 537. The van der Waals surface area contributed by atoms with Gasteiger partial charge in [0.2, 0.25) is 0 Å². The molecule has 0 aliphatic carbocycles. The maximum Gasteiger partial charge on any atom is 0.321 e. The van der Waals surface area contributed by atoms with Crippen LogP contribution in [-0.4, -0.2) is 94.3 Å². The minimum atomic E-state index is -2.58. The summed E-state index contributed by atoms with van der Waals surface area (Å²) in [4.78, 5) is 15.5. The highest BCUT2D eigenvalue weighted by molar-refractivity contribution is 7.64. The molecule has 0 aliphatic heterocycles. The first-order valence-corrected chi connectivity index (χ1v) is 18.6.